The first-order valence-corrected chi connectivity index (χ1v) is 10.6. The molecule has 3 rings (SSSR count). The van der Waals surface area contributed by atoms with E-state index in [1.165, 1.54) is 60.4 Å². The number of nitro benzene ring substituents is 1. The minimum absolute atomic E-state index is 0.114. The predicted molar refractivity (Wildman–Crippen MR) is 118 cm³/mol. The molecule has 11 heteroatoms. The van der Waals surface area contributed by atoms with Crippen LogP contribution < -0.4 is 10.6 Å². The summed E-state index contributed by atoms with van der Waals surface area (Å²) >= 11 is 8.73. The van der Waals surface area contributed by atoms with Gasteiger partial charge in [0.25, 0.3) is 11.6 Å². The zero-order chi connectivity index (χ0) is 21.8. The SMILES string of the molecule is CC(=O)Nc1ccc(NC(=O)c2ccc(Sc3nc(C)cs3)c([N+](=O)[O-])c2)c(Cl)c1. The average molecular weight is 463 g/mol. The Morgan fingerprint density at radius 3 is 2.57 bits per heavy atom. The molecule has 0 aliphatic carbocycles. The maximum Gasteiger partial charge on any atom is 0.284 e. The molecule has 0 atom stereocenters. The first-order chi connectivity index (χ1) is 14.2. The molecule has 0 aliphatic heterocycles. The summed E-state index contributed by atoms with van der Waals surface area (Å²) in [7, 11) is 0. The van der Waals surface area contributed by atoms with E-state index in [4.69, 9.17) is 11.6 Å². The monoisotopic (exact) mass is 462 g/mol. The van der Waals surface area contributed by atoms with Crippen molar-refractivity contribution < 1.29 is 14.5 Å². The smallest absolute Gasteiger partial charge is 0.284 e. The zero-order valence-electron chi connectivity index (χ0n) is 15.8. The number of halogens is 1. The van der Waals surface area contributed by atoms with Crippen molar-refractivity contribution in [2.75, 3.05) is 10.6 Å². The lowest BCUT2D eigenvalue weighted by atomic mass is 10.2. The van der Waals surface area contributed by atoms with Crippen LogP contribution in [0.25, 0.3) is 0 Å². The molecule has 0 saturated heterocycles. The second-order valence-electron chi connectivity index (χ2n) is 6.13. The Hall–Kier alpha value is -2.95. The Balaban J connectivity index is 1.81. The Labute approximate surface area is 184 Å². The molecular weight excluding hydrogens is 448 g/mol. The van der Waals surface area contributed by atoms with Gasteiger partial charge >= 0.3 is 0 Å². The van der Waals surface area contributed by atoms with Crippen LogP contribution in [0, 0.1) is 17.0 Å². The van der Waals surface area contributed by atoms with E-state index in [9.17, 15) is 19.7 Å². The number of thiazole rings is 1. The number of hydrogen-bond acceptors (Lipinski definition) is 7. The second-order valence-corrected chi connectivity index (χ2v) is 8.68. The molecule has 3 aromatic rings. The largest absolute Gasteiger partial charge is 0.326 e. The highest BCUT2D eigenvalue weighted by Gasteiger charge is 2.20. The summed E-state index contributed by atoms with van der Waals surface area (Å²) in [4.78, 5) is 39.4. The third-order valence-electron chi connectivity index (χ3n) is 3.75. The molecule has 0 bridgehead atoms. The molecule has 0 spiro atoms. The number of anilines is 2. The van der Waals surface area contributed by atoms with Gasteiger partial charge in [0.15, 0.2) is 4.34 Å². The van der Waals surface area contributed by atoms with E-state index in [-0.39, 0.29) is 22.2 Å². The van der Waals surface area contributed by atoms with E-state index >= 15 is 0 Å². The molecule has 30 heavy (non-hydrogen) atoms. The number of benzene rings is 2. The quantitative estimate of drug-likeness (QED) is 0.375. The van der Waals surface area contributed by atoms with E-state index in [1.54, 1.807) is 6.07 Å². The molecule has 2 aromatic carbocycles. The number of nitrogens with zero attached hydrogens (tertiary/aromatic N) is 2. The lowest BCUT2D eigenvalue weighted by Gasteiger charge is -2.10. The van der Waals surface area contributed by atoms with Crippen molar-refractivity contribution in [2.45, 2.75) is 23.1 Å². The fraction of sp³-hybridized carbons (Fsp3) is 0.105. The van der Waals surface area contributed by atoms with Crippen molar-refractivity contribution >= 4 is 63.6 Å². The average Bonchev–Trinajstić information content (AvgIpc) is 3.08. The third-order valence-corrected chi connectivity index (χ3v) is 6.18. The van der Waals surface area contributed by atoms with Gasteiger partial charge in [-0.15, -0.1) is 11.3 Å². The minimum Gasteiger partial charge on any atom is -0.326 e. The van der Waals surface area contributed by atoms with Gasteiger partial charge in [0, 0.05) is 35.3 Å². The summed E-state index contributed by atoms with van der Waals surface area (Å²) in [5, 5.41) is 18.8. The Morgan fingerprint density at radius 2 is 1.97 bits per heavy atom. The van der Waals surface area contributed by atoms with Crippen LogP contribution in [0.5, 0.6) is 0 Å². The molecule has 154 valence electrons. The molecule has 0 saturated carbocycles. The molecule has 2 amide bonds. The fourth-order valence-corrected chi connectivity index (χ4v) is 4.56. The molecule has 2 N–H and O–H groups in total. The summed E-state index contributed by atoms with van der Waals surface area (Å²) in [6, 6.07) is 8.87. The van der Waals surface area contributed by atoms with Crippen molar-refractivity contribution in [3.63, 3.8) is 0 Å². The van der Waals surface area contributed by atoms with Gasteiger partial charge in [0.1, 0.15) is 0 Å². The van der Waals surface area contributed by atoms with Crippen LogP contribution in [-0.2, 0) is 4.79 Å². The molecule has 1 heterocycles. The Morgan fingerprint density at radius 1 is 1.20 bits per heavy atom. The van der Waals surface area contributed by atoms with Crippen molar-refractivity contribution in [1.82, 2.24) is 4.98 Å². The van der Waals surface area contributed by atoms with Gasteiger partial charge in [-0.1, -0.05) is 23.4 Å². The summed E-state index contributed by atoms with van der Waals surface area (Å²) in [6.45, 7) is 3.21. The van der Waals surface area contributed by atoms with Crippen LogP contribution in [0.1, 0.15) is 23.0 Å². The minimum atomic E-state index is -0.547. The standard InChI is InChI=1S/C19H15ClN4O4S2/c1-10-9-29-19(21-10)30-17-6-3-12(7-16(17)24(27)28)18(26)23-15-5-4-13(8-14(15)20)22-11(2)25/h3-9H,1-2H3,(H,22,25)(H,23,26). The lowest BCUT2D eigenvalue weighted by Crippen LogP contribution is -2.13. The second kappa shape index (κ2) is 9.24. The van der Waals surface area contributed by atoms with E-state index in [0.717, 1.165) is 5.69 Å². The molecular formula is C19H15ClN4O4S2. The van der Waals surface area contributed by atoms with Crippen molar-refractivity contribution in [1.29, 1.82) is 0 Å². The number of amides is 2. The van der Waals surface area contributed by atoms with Gasteiger partial charge in [0.05, 0.1) is 20.5 Å². The first-order valence-electron chi connectivity index (χ1n) is 8.50. The molecule has 0 unspecified atom stereocenters. The van der Waals surface area contributed by atoms with E-state index in [0.29, 0.717) is 20.6 Å². The number of hydrogen-bond donors (Lipinski definition) is 2. The van der Waals surface area contributed by atoms with Gasteiger partial charge in [-0.05, 0) is 37.3 Å². The van der Waals surface area contributed by atoms with E-state index < -0.39 is 10.8 Å². The van der Waals surface area contributed by atoms with Gasteiger partial charge in [-0.25, -0.2) is 4.98 Å². The highest BCUT2D eigenvalue weighted by Crippen LogP contribution is 2.37. The van der Waals surface area contributed by atoms with Gasteiger partial charge < -0.3 is 10.6 Å². The summed E-state index contributed by atoms with van der Waals surface area (Å²) in [5.41, 5.74) is 1.56. The topological polar surface area (TPSA) is 114 Å². The molecule has 0 radical (unpaired) electrons. The molecule has 1 aromatic heterocycles. The highest BCUT2D eigenvalue weighted by atomic mass is 35.5. The Kier molecular flexibility index (Phi) is 6.70. The third kappa shape index (κ3) is 5.35. The summed E-state index contributed by atoms with van der Waals surface area (Å²) in [6.07, 6.45) is 0. The number of carbonyl (C=O) groups excluding carboxylic acids is 2. The van der Waals surface area contributed by atoms with Crippen LogP contribution in [0.2, 0.25) is 5.02 Å². The van der Waals surface area contributed by atoms with Crippen LogP contribution >= 0.6 is 34.7 Å². The molecule has 8 nitrogen and oxygen atoms in total. The maximum absolute atomic E-state index is 12.6. The number of aryl methyl sites for hydroxylation is 1. The summed E-state index contributed by atoms with van der Waals surface area (Å²) in [5.74, 6) is -0.796. The van der Waals surface area contributed by atoms with Crippen LogP contribution in [0.15, 0.2) is 51.0 Å². The molecule has 0 fully saturated rings. The van der Waals surface area contributed by atoms with E-state index in [1.807, 2.05) is 12.3 Å². The zero-order valence-corrected chi connectivity index (χ0v) is 18.2. The van der Waals surface area contributed by atoms with Gasteiger partial charge in [0.2, 0.25) is 5.91 Å². The van der Waals surface area contributed by atoms with Gasteiger partial charge in [-0.2, -0.15) is 0 Å². The predicted octanol–water partition coefficient (Wildman–Crippen LogP) is 5.38. The first kappa shape index (κ1) is 21.8. The number of rotatable bonds is 6. The van der Waals surface area contributed by atoms with Crippen LogP contribution in [-0.4, -0.2) is 21.7 Å². The van der Waals surface area contributed by atoms with Crippen molar-refractivity contribution in [3.05, 3.63) is 68.2 Å². The van der Waals surface area contributed by atoms with Crippen LogP contribution in [0.3, 0.4) is 0 Å². The van der Waals surface area contributed by atoms with Crippen molar-refractivity contribution in [3.8, 4) is 0 Å². The highest BCUT2D eigenvalue weighted by molar-refractivity contribution is 8.01. The van der Waals surface area contributed by atoms with E-state index in [2.05, 4.69) is 15.6 Å². The van der Waals surface area contributed by atoms with Crippen molar-refractivity contribution in [2.24, 2.45) is 0 Å². The van der Waals surface area contributed by atoms with Gasteiger partial charge in [-0.3, -0.25) is 19.7 Å². The normalized spacial score (nSPS) is 10.5. The number of nitro groups is 1. The summed E-state index contributed by atoms with van der Waals surface area (Å²) < 4.78 is 0.679. The number of nitrogens with one attached hydrogen (secondary N) is 2. The fourth-order valence-electron chi connectivity index (χ4n) is 2.45. The van der Waals surface area contributed by atoms with Crippen LogP contribution in [0.4, 0.5) is 17.1 Å². The molecule has 0 aliphatic rings. The Bertz CT molecular complexity index is 1150. The number of carbonyl (C=O) groups is 2. The number of aromatic nitrogens is 1. The lowest BCUT2D eigenvalue weighted by molar-refractivity contribution is -0.387. The maximum atomic E-state index is 12.6.